The lowest BCUT2D eigenvalue weighted by Crippen LogP contribution is -2.38. The molecule has 0 unspecified atom stereocenters. The van der Waals surface area contributed by atoms with Crippen molar-refractivity contribution >= 4 is 16.7 Å². The van der Waals surface area contributed by atoms with E-state index in [0.29, 0.717) is 18.5 Å². The number of anilines is 1. The second-order valence-corrected chi connectivity index (χ2v) is 7.11. The fraction of sp³-hybridized carbons (Fsp3) is 0.556. The standard InChI is InChI=1S/C18H28N4OS/c1-13(2)19-10-11-22(14(3)4)18-20-17(21-24-18)12-15-8-6-7-9-16(15)23-5/h6-9,13-14,19H,10-12H2,1-5H3. The zero-order valence-electron chi connectivity index (χ0n) is 15.2. The number of hydrogen-bond donors (Lipinski definition) is 1. The first-order chi connectivity index (χ1) is 11.5. The smallest absolute Gasteiger partial charge is 0.205 e. The van der Waals surface area contributed by atoms with Crippen LogP contribution in [-0.2, 0) is 6.42 Å². The molecular weight excluding hydrogens is 320 g/mol. The lowest BCUT2D eigenvalue weighted by atomic mass is 10.1. The molecule has 0 radical (unpaired) electrons. The Hall–Kier alpha value is -1.66. The van der Waals surface area contributed by atoms with Crippen LogP contribution >= 0.6 is 11.5 Å². The van der Waals surface area contributed by atoms with Crippen molar-refractivity contribution in [3.05, 3.63) is 35.7 Å². The minimum atomic E-state index is 0.394. The van der Waals surface area contributed by atoms with Crippen molar-refractivity contribution in [3.63, 3.8) is 0 Å². The van der Waals surface area contributed by atoms with Crippen LogP contribution in [0, 0.1) is 0 Å². The van der Waals surface area contributed by atoms with Crippen LogP contribution in [0.3, 0.4) is 0 Å². The molecule has 132 valence electrons. The molecule has 6 heteroatoms. The number of methoxy groups -OCH3 is 1. The topological polar surface area (TPSA) is 50.3 Å². The molecule has 0 aliphatic carbocycles. The monoisotopic (exact) mass is 348 g/mol. The second kappa shape index (κ2) is 8.99. The quantitative estimate of drug-likeness (QED) is 0.753. The van der Waals surface area contributed by atoms with Crippen molar-refractivity contribution in [2.24, 2.45) is 0 Å². The van der Waals surface area contributed by atoms with Gasteiger partial charge in [0, 0.05) is 48.7 Å². The molecule has 5 nitrogen and oxygen atoms in total. The molecule has 0 bridgehead atoms. The van der Waals surface area contributed by atoms with E-state index in [-0.39, 0.29) is 0 Å². The number of para-hydroxylation sites is 1. The molecule has 2 rings (SSSR count). The van der Waals surface area contributed by atoms with Gasteiger partial charge >= 0.3 is 0 Å². The summed E-state index contributed by atoms with van der Waals surface area (Å²) in [5.74, 6) is 1.73. The first-order valence-electron chi connectivity index (χ1n) is 8.45. The van der Waals surface area contributed by atoms with Crippen LogP contribution in [0.1, 0.15) is 39.1 Å². The van der Waals surface area contributed by atoms with Gasteiger partial charge in [0.1, 0.15) is 11.6 Å². The number of nitrogens with zero attached hydrogens (tertiary/aromatic N) is 3. The van der Waals surface area contributed by atoms with Crippen LogP contribution in [0.25, 0.3) is 0 Å². The minimum Gasteiger partial charge on any atom is -0.496 e. The summed E-state index contributed by atoms with van der Waals surface area (Å²) in [6.45, 7) is 10.6. The molecule has 0 amide bonds. The predicted molar refractivity (Wildman–Crippen MR) is 101 cm³/mol. The van der Waals surface area contributed by atoms with E-state index in [2.05, 4.69) is 48.4 Å². The first kappa shape index (κ1) is 18.7. The fourth-order valence-electron chi connectivity index (χ4n) is 2.50. The normalized spacial score (nSPS) is 11.3. The number of benzene rings is 1. The highest BCUT2D eigenvalue weighted by Crippen LogP contribution is 2.24. The van der Waals surface area contributed by atoms with Crippen LogP contribution in [0.2, 0.25) is 0 Å². The third-order valence-corrected chi connectivity index (χ3v) is 4.56. The van der Waals surface area contributed by atoms with Crippen LogP contribution in [0.5, 0.6) is 5.75 Å². The summed E-state index contributed by atoms with van der Waals surface area (Å²) in [5.41, 5.74) is 1.11. The Bertz CT molecular complexity index is 627. The molecule has 0 saturated heterocycles. The van der Waals surface area contributed by atoms with E-state index in [9.17, 15) is 0 Å². The molecule has 0 aliphatic heterocycles. The van der Waals surface area contributed by atoms with Crippen LogP contribution in [0.4, 0.5) is 5.13 Å². The van der Waals surface area contributed by atoms with Gasteiger partial charge in [-0.15, -0.1) is 0 Å². The zero-order valence-corrected chi connectivity index (χ0v) is 16.1. The van der Waals surface area contributed by atoms with Crippen LogP contribution < -0.4 is 15.0 Å². The summed E-state index contributed by atoms with van der Waals surface area (Å²) in [6.07, 6.45) is 0.691. The minimum absolute atomic E-state index is 0.394. The Morgan fingerprint density at radius 2 is 1.96 bits per heavy atom. The van der Waals surface area contributed by atoms with E-state index in [4.69, 9.17) is 9.72 Å². The molecule has 0 spiro atoms. The van der Waals surface area contributed by atoms with E-state index in [1.165, 1.54) is 11.5 Å². The predicted octanol–water partition coefficient (Wildman–Crippen LogP) is 3.35. The number of hydrogen-bond acceptors (Lipinski definition) is 6. The van der Waals surface area contributed by atoms with Gasteiger partial charge in [0.25, 0.3) is 0 Å². The number of aromatic nitrogens is 2. The molecular formula is C18H28N4OS. The van der Waals surface area contributed by atoms with Crippen LogP contribution in [0.15, 0.2) is 24.3 Å². The van der Waals surface area contributed by atoms with Gasteiger partial charge < -0.3 is 15.0 Å². The average Bonchev–Trinajstić information content (AvgIpc) is 2.99. The Morgan fingerprint density at radius 1 is 1.21 bits per heavy atom. The Balaban J connectivity index is 2.07. The molecule has 0 aliphatic rings. The highest BCUT2D eigenvalue weighted by molar-refractivity contribution is 7.09. The van der Waals surface area contributed by atoms with Crippen molar-refractivity contribution in [1.82, 2.24) is 14.7 Å². The SMILES string of the molecule is COc1ccccc1Cc1nsc(N(CCNC(C)C)C(C)C)n1. The average molecular weight is 349 g/mol. The second-order valence-electron chi connectivity index (χ2n) is 6.38. The third kappa shape index (κ3) is 5.18. The maximum absolute atomic E-state index is 5.41. The summed E-state index contributed by atoms with van der Waals surface area (Å²) in [6, 6.07) is 8.92. The van der Waals surface area contributed by atoms with Gasteiger partial charge in [0.2, 0.25) is 5.13 Å². The lowest BCUT2D eigenvalue weighted by molar-refractivity contribution is 0.410. The van der Waals surface area contributed by atoms with E-state index in [1.807, 2.05) is 18.2 Å². The molecule has 0 atom stereocenters. The summed E-state index contributed by atoms with van der Waals surface area (Å²) in [7, 11) is 1.70. The van der Waals surface area contributed by atoms with Crippen molar-refractivity contribution in [3.8, 4) is 5.75 Å². The van der Waals surface area contributed by atoms with Crippen LogP contribution in [-0.4, -0.2) is 41.6 Å². The highest BCUT2D eigenvalue weighted by atomic mass is 32.1. The number of ether oxygens (including phenoxy) is 1. The molecule has 1 N–H and O–H groups in total. The summed E-state index contributed by atoms with van der Waals surface area (Å²) >= 11 is 1.47. The molecule has 0 saturated carbocycles. The van der Waals surface area contributed by atoms with Crippen molar-refractivity contribution in [2.75, 3.05) is 25.1 Å². The third-order valence-electron chi connectivity index (χ3n) is 3.77. The molecule has 1 aromatic heterocycles. The van der Waals surface area contributed by atoms with Gasteiger partial charge in [-0.25, -0.2) is 4.98 Å². The first-order valence-corrected chi connectivity index (χ1v) is 9.23. The number of nitrogens with one attached hydrogen (secondary N) is 1. The Labute approximate surface area is 149 Å². The van der Waals surface area contributed by atoms with Gasteiger partial charge in [-0.1, -0.05) is 32.0 Å². The molecule has 0 fully saturated rings. The zero-order chi connectivity index (χ0) is 17.5. The van der Waals surface area contributed by atoms with E-state index < -0.39 is 0 Å². The maximum Gasteiger partial charge on any atom is 0.205 e. The molecule has 2 aromatic rings. The van der Waals surface area contributed by atoms with E-state index in [0.717, 1.165) is 35.4 Å². The van der Waals surface area contributed by atoms with Crippen molar-refractivity contribution in [1.29, 1.82) is 0 Å². The molecule has 1 heterocycles. The Kier molecular flexibility index (Phi) is 6.99. The van der Waals surface area contributed by atoms with Gasteiger partial charge in [0.05, 0.1) is 7.11 Å². The molecule has 24 heavy (non-hydrogen) atoms. The summed E-state index contributed by atoms with van der Waals surface area (Å²) in [4.78, 5) is 7.05. The maximum atomic E-state index is 5.41. The highest BCUT2D eigenvalue weighted by Gasteiger charge is 2.16. The Morgan fingerprint density at radius 3 is 2.62 bits per heavy atom. The van der Waals surface area contributed by atoms with Crippen molar-refractivity contribution < 1.29 is 4.74 Å². The largest absolute Gasteiger partial charge is 0.496 e. The summed E-state index contributed by atoms with van der Waals surface area (Å²) < 4.78 is 9.96. The van der Waals surface area contributed by atoms with E-state index in [1.54, 1.807) is 7.11 Å². The van der Waals surface area contributed by atoms with Gasteiger partial charge in [-0.3, -0.25) is 0 Å². The number of rotatable bonds is 9. The fourth-order valence-corrected chi connectivity index (χ4v) is 3.35. The summed E-state index contributed by atoms with van der Waals surface area (Å²) in [5, 5.41) is 4.45. The lowest BCUT2D eigenvalue weighted by Gasteiger charge is -2.26. The van der Waals surface area contributed by atoms with Gasteiger partial charge in [0.15, 0.2) is 0 Å². The molecule has 1 aromatic carbocycles. The van der Waals surface area contributed by atoms with Crippen molar-refractivity contribution in [2.45, 2.75) is 46.2 Å². The van der Waals surface area contributed by atoms with Gasteiger partial charge in [-0.05, 0) is 19.9 Å². The van der Waals surface area contributed by atoms with Gasteiger partial charge in [-0.2, -0.15) is 4.37 Å². The van der Waals surface area contributed by atoms with E-state index >= 15 is 0 Å².